The largest absolute Gasteiger partial charge is 0.497 e. The Morgan fingerprint density at radius 3 is 2.13 bits per heavy atom. The number of hydrogen-bond donors (Lipinski definition) is 1. The third-order valence-electron chi connectivity index (χ3n) is 5.90. The molecule has 38 heavy (non-hydrogen) atoms. The molecule has 0 radical (unpaired) electrons. The van der Waals surface area contributed by atoms with Crippen LogP contribution in [0.1, 0.15) is 44.7 Å². The smallest absolute Gasteiger partial charge is 0.243 e. The van der Waals surface area contributed by atoms with Crippen LogP contribution in [0.25, 0.3) is 0 Å². The van der Waals surface area contributed by atoms with E-state index in [9.17, 15) is 14.0 Å². The molecule has 3 aromatic carbocycles. The Morgan fingerprint density at radius 2 is 1.53 bits per heavy atom. The van der Waals surface area contributed by atoms with Crippen molar-refractivity contribution >= 4 is 11.8 Å². The van der Waals surface area contributed by atoms with Gasteiger partial charge in [-0.3, -0.25) is 9.59 Å². The summed E-state index contributed by atoms with van der Waals surface area (Å²) in [6.07, 6.45) is 1.03. The first kappa shape index (κ1) is 28.7. The van der Waals surface area contributed by atoms with Crippen LogP contribution in [0.15, 0.2) is 78.9 Å². The van der Waals surface area contributed by atoms with Gasteiger partial charge in [-0.1, -0.05) is 42.5 Å². The topological polar surface area (TPSA) is 67.9 Å². The van der Waals surface area contributed by atoms with E-state index in [0.717, 1.165) is 16.9 Å². The maximum absolute atomic E-state index is 13.6. The molecular weight excluding hydrogens is 483 g/mol. The lowest BCUT2D eigenvalue weighted by molar-refractivity contribution is -0.142. The molecule has 0 saturated carbocycles. The van der Waals surface area contributed by atoms with Crippen molar-refractivity contribution in [1.82, 2.24) is 10.2 Å². The van der Waals surface area contributed by atoms with Gasteiger partial charge in [-0.05, 0) is 74.7 Å². The van der Waals surface area contributed by atoms with Crippen molar-refractivity contribution in [3.63, 3.8) is 0 Å². The van der Waals surface area contributed by atoms with Gasteiger partial charge in [0.25, 0.3) is 0 Å². The molecule has 0 spiro atoms. The fourth-order valence-electron chi connectivity index (χ4n) is 4.02. The van der Waals surface area contributed by atoms with Gasteiger partial charge in [-0.15, -0.1) is 0 Å². The Hall–Kier alpha value is -3.87. The fourth-order valence-corrected chi connectivity index (χ4v) is 4.02. The highest BCUT2D eigenvalue weighted by Gasteiger charge is 2.32. The third kappa shape index (κ3) is 9.21. The lowest BCUT2D eigenvalue weighted by Crippen LogP contribution is -2.54. The minimum absolute atomic E-state index is 0.169. The zero-order chi connectivity index (χ0) is 27.5. The molecule has 202 valence electrons. The van der Waals surface area contributed by atoms with E-state index in [1.54, 1.807) is 24.1 Å². The second kappa shape index (κ2) is 13.6. The molecule has 0 bridgehead atoms. The molecule has 0 fully saturated rings. The molecule has 1 unspecified atom stereocenters. The van der Waals surface area contributed by atoms with E-state index in [-0.39, 0.29) is 30.6 Å². The van der Waals surface area contributed by atoms with Crippen LogP contribution in [0.5, 0.6) is 11.5 Å². The minimum Gasteiger partial charge on any atom is -0.497 e. The molecule has 1 N–H and O–H groups in total. The summed E-state index contributed by atoms with van der Waals surface area (Å²) in [7, 11) is 1.60. The predicted molar refractivity (Wildman–Crippen MR) is 147 cm³/mol. The van der Waals surface area contributed by atoms with Crippen LogP contribution < -0.4 is 14.8 Å². The fraction of sp³-hybridized carbons (Fsp3) is 0.355. The molecule has 3 aromatic rings. The number of carbonyl (C=O) groups excluding carboxylic acids is 2. The van der Waals surface area contributed by atoms with Crippen LogP contribution in [0.4, 0.5) is 4.39 Å². The van der Waals surface area contributed by atoms with Gasteiger partial charge < -0.3 is 19.7 Å². The molecule has 0 saturated heterocycles. The summed E-state index contributed by atoms with van der Waals surface area (Å²) >= 11 is 0. The van der Waals surface area contributed by atoms with Crippen molar-refractivity contribution in [2.24, 2.45) is 0 Å². The van der Waals surface area contributed by atoms with Gasteiger partial charge in [0.2, 0.25) is 11.8 Å². The predicted octanol–water partition coefficient (Wildman–Crippen LogP) is 5.55. The summed E-state index contributed by atoms with van der Waals surface area (Å²) in [6.45, 7) is 6.26. The van der Waals surface area contributed by atoms with Gasteiger partial charge in [-0.2, -0.15) is 0 Å². The van der Waals surface area contributed by atoms with Crippen LogP contribution in [-0.4, -0.2) is 42.0 Å². The quantitative estimate of drug-likeness (QED) is 0.318. The summed E-state index contributed by atoms with van der Waals surface area (Å²) in [5.74, 6) is 0.674. The van der Waals surface area contributed by atoms with E-state index in [1.807, 2.05) is 75.4 Å². The second-order valence-electron chi connectivity index (χ2n) is 10.2. The lowest BCUT2D eigenvalue weighted by Gasteiger charge is -2.34. The molecular formula is C31H37FN2O4. The highest BCUT2D eigenvalue weighted by Crippen LogP contribution is 2.19. The number of carbonyl (C=O) groups is 2. The third-order valence-corrected chi connectivity index (χ3v) is 5.90. The Kier molecular flexibility index (Phi) is 10.3. The van der Waals surface area contributed by atoms with E-state index in [1.165, 1.54) is 12.1 Å². The average Bonchev–Trinajstić information content (AvgIpc) is 2.89. The summed E-state index contributed by atoms with van der Waals surface area (Å²) in [6, 6.07) is 22.2. The zero-order valence-electron chi connectivity index (χ0n) is 22.6. The number of amides is 2. The molecule has 0 aromatic heterocycles. The van der Waals surface area contributed by atoms with E-state index in [4.69, 9.17) is 9.47 Å². The number of rotatable bonds is 12. The number of nitrogens with zero attached hydrogens (tertiary/aromatic N) is 1. The number of nitrogens with one attached hydrogen (secondary N) is 1. The van der Waals surface area contributed by atoms with Gasteiger partial charge in [0.1, 0.15) is 23.4 Å². The SMILES string of the molecule is COc1ccc(OCCCC(=O)N(Cc2ccc(F)cc2)C(Cc2ccccc2)C(=O)NC(C)(C)C)cc1. The van der Waals surface area contributed by atoms with Crippen LogP contribution in [0, 0.1) is 5.82 Å². The molecule has 3 rings (SSSR count). The van der Waals surface area contributed by atoms with E-state index in [2.05, 4.69) is 5.32 Å². The lowest BCUT2D eigenvalue weighted by atomic mass is 10.00. The number of benzene rings is 3. The number of hydrogen-bond acceptors (Lipinski definition) is 4. The number of ether oxygens (including phenoxy) is 2. The molecule has 7 heteroatoms. The molecule has 0 aliphatic heterocycles. The first-order valence-corrected chi connectivity index (χ1v) is 12.8. The Labute approximate surface area is 224 Å². The van der Waals surface area contributed by atoms with Crippen molar-refractivity contribution < 1.29 is 23.5 Å². The molecule has 0 aliphatic rings. The van der Waals surface area contributed by atoms with E-state index in [0.29, 0.717) is 25.2 Å². The highest BCUT2D eigenvalue weighted by atomic mass is 19.1. The summed E-state index contributed by atoms with van der Waals surface area (Å²) < 4.78 is 24.5. The van der Waals surface area contributed by atoms with Crippen molar-refractivity contribution in [3.8, 4) is 11.5 Å². The Balaban J connectivity index is 1.78. The average molecular weight is 521 g/mol. The van der Waals surface area contributed by atoms with Crippen LogP contribution in [0.2, 0.25) is 0 Å². The number of methoxy groups -OCH3 is 1. The van der Waals surface area contributed by atoms with Crippen LogP contribution in [0.3, 0.4) is 0 Å². The second-order valence-corrected chi connectivity index (χ2v) is 10.2. The van der Waals surface area contributed by atoms with E-state index >= 15 is 0 Å². The number of halogens is 1. The van der Waals surface area contributed by atoms with Crippen molar-refractivity contribution in [1.29, 1.82) is 0 Å². The molecule has 0 heterocycles. The normalized spacial score (nSPS) is 11.9. The Bertz CT molecular complexity index is 1160. The molecule has 6 nitrogen and oxygen atoms in total. The van der Waals surface area contributed by atoms with Crippen LogP contribution in [-0.2, 0) is 22.6 Å². The monoisotopic (exact) mass is 520 g/mol. The molecule has 0 aliphatic carbocycles. The van der Waals surface area contributed by atoms with Crippen molar-refractivity contribution in [2.45, 2.75) is 58.2 Å². The van der Waals surface area contributed by atoms with E-state index < -0.39 is 11.6 Å². The Morgan fingerprint density at radius 1 is 0.895 bits per heavy atom. The van der Waals surface area contributed by atoms with Gasteiger partial charge in [0.15, 0.2) is 0 Å². The summed E-state index contributed by atoms with van der Waals surface area (Å²) in [5.41, 5.74) is 1.22. The highest BCUT2D eigenvalue weighted by molar-refractivity contribution is 5.88. The van der Waals surface area contributed by atoms with Gasteiger partial charge in [0.05, 0.1) is 13.7 Å². The van der Waals surface area contributed by atoms with Gasteiger partial charge in [-0.25, -0.2) is 4.39 Å². The molecule has 1 atom stereocenters. The van der Waals surface area contributed by atoms with Gasteiger partial charge >= 0.3 is 0 Å². The van der Waals surface area contributed by atoms with Crippen molar-refractivity contribution in [2.75, 3.05) is 13.7 Å². The maximum Gasteiger partial charge on any atom is 0.243 e. The first-order chi connectivity index (χ1) is 18.1. The van der Waals surface area contributed by atoms with Crippen LogP contribution >= 0.6 is 0 Å². The standard InChI is InChI=1S/C31H37FN2O4/c1-31(2,3)33-30(36)28(21-23-9-6-5-7-10-23)34(22-24-12-14-25(32)15-13-24)29(35)11-8-20-38-27-18-16-26(37-4)17-19-27/h5-7,9-10,12-19,28H,8,11,20-22H2,1-4H3,(H,33,36). The van der Waals surface area contributed by atoms with Crippen molar-refractivity contribution in [3.05, 3.63) is 95.8 Å². The summed E-state index contributed by atoms with van der Waals surface area (Å²) in [5, 5.41) is 3.04. The first-order valence-electron chi connectivity index (χ1n) is 12.8. The molecule has 2 amide bonds. The maximum atomic E-state index is 13.6. The zero-order valence-corrected chi connectivity index (χ0v) is 22.6. The van der Waals surface area contributed by atoms with Gasteiger partial charge in [0, 0.05) is 24.9 Å². The minimum atomic E-state index is -0.739. The summed E-state index contributed by atoms with van der Waals surface area (Å²) in [4.78, 5) is 28.7.